The van der Waals surface area contributed by atoms with Crippen molar-refractivity contribution in [2.45, 2.75) is 10.8 Å². The molecule has 2 aromatic carbocycles. The third kappa shape index (κ3) is 3.49. The van der Waals surface area contributed by atoms with Gasteiger partial charge in [0.2, 0.25) is 0 Å². The van der Waals surface area contributed by atoms with Crippen molar-refractivity contribution < 1.29 is 9.18 Å². The van der Waals surface area contributed by atoms with Crippen LogP contribution in [0.3, 0.4) is 0 Å². The first-order chi connectivity index (χ1) is 10.2. The number of nitrogens with zero attached hydrogens (tertiary/aromatic N) is 1. The molecule has 0 bridgehead atoms. The summed E-state index contributed by atoms with van der Waals surface area (Å²) in [4.78, 5) is 16.5. The minimum atomic E-state index is -0.324. The first kappa shape index (κ1) is 14.2. The predicted octanol–water partition coefficient (Wildman–Crippen LogP) is 4.80. The molecule has 3 aromatic rings. The maximum atomic E-state index is 12.8. The first-order valence-electron chi connectivity index (χ1n) is 6.49. The molecule has 0 saturated heterocycles. The van der Waals surface area contributed by atoms with Gasteiger partial charge >= 0.3 is 0 Å². The summed E-state index contributed by atoms with van der Waals surface area (Å²) in [5.41, 5.74) is 1.55. The highest BCUT2D eigenvalue weighted by Crippen LogP contribution is 2.29. The lowest BCUT2D eigenvalue weighted by molar-refractivity contribution is 0.0989. The lowest BCUT2D eigenvalue weighted by Gasteiger charge is -2.00. The summed E-state index contributed by atoms with van der Waals surface area (Å²) in [6.45, 7) is 0. The van der Waals surface area contributed by atoms with E-state index < -0.39 is 0 Å². The molecule has 2 nitrogen and oxygen atoms in total. The lowest BCUT2D eigenvalue weighted by Crippen LogP contribution is -2.00. The summed E-state index contributed by atoms with van der Waals surface area (Å²) in [7, 11) is 0. The van der Waals surface area contributed by atoms with E-state index in [1.54, 1.807) is 23.1 Å². The number of thioether (sulfide) groups is 1. The van der Waals surface area contributed by atoms with Gasteiger partial charge in [0.05, 0.1) is 10.2 Å². The van der Waals surface area contributed by atoms with Gasteiger partial charge in [0.1, 0.15) is 5.82 Å². The number of ketones is 1. The Kier molecular flexibility index (Phi) is 4.31. The van der Waals surface area contributed by atoms with Gasteiger partial charge in [-0.3, -0.25) is 4.79 Å². The van der Waals surface area contributed by atoms with Crippen LogP contribution >= 0.6 is 23.1 Å². The van der Waals surface area contributed by atoms with E-state index in [4.69, 9.17) is 0 Å². The summed E-state index contributed by atoms with van der Waals surface area (Å²) in [5.74, 6) is 0.384. The van der Waals surface area contributed by atoms with Crippen molar-refractivity contribution in [3.05, 3.63) is 59.9 Å². The fraction of sp³-hybridized carbons (Fsp3) is 0.125. The Hall–Kier alpha value is -1.72. The first-order valence-corrected chi connectivity index (χ1v) is 8.30. The predicted molar refractivity (Wildman–Crippen MR) is 85.7 cm³/mol. The van der Waals surface area contributed by atoms with Gasteiger partial charge in [0.25, 0.3) is 0 Å². The van der Waals surface area contributed by atoms with E-state index in [1.165, 1.54) is 24.3 Å². The number of carbonyl (C=O) groups is 1. The zero-order valence-corrected chi connectivity index (χ0v) is 12.7. The average Bonchev–Trinajstić information content (AvgIpc) is 2.90. The van der Waals surface area contributed by atoms with Gasteiger partial charge in [0, 0.05) is 17.7 Å². The van der Waals surface area contributed by atoms with Crippen LogP contribution in [0.25, 0.3) is 10.2 Å². The van der Waals surface area contributed by atoms with Crippen LogP contribution < -0.4 is 0 Å². The van der Waals surface area contributed by atoms with E-state index in [1.807, 2.05) is 24.3 Å². The Morgan fingerprint density at radius 1 is 1.14 bits per heavy atom. The zero-order chi connectivity index (χ0) is 14.7. The van der Waals surface area contributed by atoms with Crippen LogP contribution in [0.1, 0.15) is 16.8 Å². The molecule has 0 N–H and O–H groups in total. The van der Waals surface area contributed by atoms with Crippen LogP contribution in [0.2, 0.25) is 0 Å². The van der Waals surface area contributed by atoms with E-state index >= 15 is 0 Å². The number of aromatic nitrogens is 1. The second kappa shape index (κ2) is 6.37. The summed E-state index contributed by atoms with van der Waals surface area (Å²) in [5, 5.41) is 0. The molecule has 0 aliphatic rings. The van der Waals surface area contributed by atoms with E-state index in [0.29, 0.717) is 17.7 Å². The molecule has 5 heteroatoms. The second-order valence-electron chi connectivity index (χ2n) is 4.48. The number of hydrogen-bond acceptors (Lipinski definition) is 4. The molecule has 0 saturated carbocycles. The number of benzene rings is 2. The van der Waals surface area contributed by atoms with E-state index in [9.17, 15) is 9.18 Å². The van der Waals surface area contributed by atoms with Crippen LogP contribution in [0.15, 0.2) is 52.9 Å². The molecule has 106 valence electrons. The molecule has 1 heterocycles. The maximum Gasteiger partial charge on any atom is 0.163 e. The van der Waals surface area contributed by atoms with Gasteiger partial charge in [0.15, 0.2) is 10.1 Å². The second-order valence-corrected chi connectivity index (χ2v) is 6.85. The SMILES string of the molecule is O=C(CCSc1nc2ccccc2s1)c1ccc(F)cc1. The largest absolute Gasteiger partial charge is 0.294 e. The van der Waals surface area contributed by atoms with Crippen LogP contribution in [0.5, 0.6) is 0 Å². The van der Waals surface area contributed by atoms with E-state index in [-0.39, 0.29) is 11.6 Å². The van der Waals surface area contributed by atoms with Crippen molar-refractivity contribution in [3.8, 4) is 0 Å². The molecule has 1 aromatic heterocycles. The van der Waals surface area contributed by atoms with Gasteiger partial charge in [-0.1, -0.05) is 23.9 Å². The Bertz CT molecular complexity index is 734. The fourth-order valence-electron chi connectivity index (χ4n) is 1.92. The number of thiazole rings is 1. The van der Waals surface area contributed by atoms with Gasteiger partial charge in [-0.15, -0.1) is 11.3 Å². The number of halogens is 1. The quantitative estimate of drug-likeness (QED) is 0.500. The fourth-order valence-corrected chi connectivity index (χ4v) is 4.00. The number of fused-ring (bicyclic) bond motifs is 1. The zero-order valence-electron chi connectivity index (χ0n) is 11.1. The molecular weight excluding hydrogens is 305 g/mol. The van der Waals surface area contributed by atoms with Gasteiger partial charge in [-0.2, -0.15) is 0 Å². The Morgan fingerprint density at radius 3 is 2.67 bits per heavy atom. The molecule has 0 amide bonds. The average molecular weight is 317 g/mol. The lowest BCUT2D eigenvalue weighted by atomic mass is 10.1. The third-order valence-corrected chi connectivity index (χ3v) is 5.18. The van der Waals surface area contributed by atoms with Crippen molar-refractivity contribution in [1.82, 2.24) is 4.98 Å². The Labute approximate surface area is 130 Å². The summed E-state index contributed by atoms with van der Waals surface area (Å²) in [6.07, 6.45) is 0.423. The molecule has 0 aliphatic heterocycles. The number of carbonyl (C=O) groups excluding carboxylic acids is 1. The van der Waals surface area contributed by atoms with E-state index in [0.717, 1.165) is 14.6 Å². The summed E-state index contributed by atoms with van der Waals surface area (Å²) >= 11 is 3.22. The Morgan fingerprint density at radius 2 is 1.90 bits per heavy atom. The van der Waals surface area contributed by atoms with Crippen LogP contribution in [-0.4, -0.2) is 16.5 Å². The summed E-state index contributed by atoms with van der Waals surface area (Å²) in [6, 6.07) is 13.7. The number of hydrogen-bond donors (Lipinski definition) is 0. The molecule has 0 radical (unpaired) electrons. The third-order valence-electron chi connectivity index (χ3n) is 3.00. The highest BCUT2D eigenvalue weighted by atomic mass is 32.2. The van der Waals surface area contributed by atoms with Crippen molar-refractivity contribution in [3.63, 3.8) is 0 Å². The minimum Gasteiger partial charge on any atom is -0.294 e. The topological polar surface area (TPSA) is 30.0 Å². The van der Waals surface area contributed by atoms with Crippen LogP contribution in [0.4, 0.5) is 4.39 Å². The smallest absolute Gasteiger partial charge is 0.163 e. The van der Waals surface area contributed by atoms with Crippen molar-refractivity contribution in [2.24, 2.45) is 0 Å². The monoisotopic (exact) mass is 317 g/mol. The molecule has 0 unspecified atom stereocenters. The summed E-state index contributed by atoms with van der Waals surface area (Å²) < 4.78 is 14.9. The maximum absolute atomic E-state index is 12.8. The molecule has 21 heavy (non-hydrogen) atoms. The minimum absolute atomic E-state index is 0.0311. The number of para-hydroxylation sites is 1. The highest BCUT2D eigenvalue weighted by molar-refractivity contribution is 8.01. The number of Topliss-reactive ketones (excluding diaryl/α,β-unsaturated/α-hetero) is 1. The normalized spacial score (nSPS) is 10.9. The Balaban J connectivity index is 1.58. The van der Waals surface area contributed by atoms with Crippen molar-refractivity contribution >= 4 is 39.1 Å². The van der Waals surface area contributed by atoms with Gasteiger partial charge in [-0.25, -0.2) is 9.37 Å². The van der Waals surface area contributed by atoms with Gasteiger partial charge in [-0.05, 0) is 36.4 Å². The van der Waals surface area contributed by atoms with Crippen molar-refractivity contribution in [1.29, 1.82) is 0 Å². The number of rotatable bonds is 5. The van der Waals surface area contributed by atoms with Crippen LogP contribution in [-0.2, 0) is 0 Å². The molecule has 0 atom stereocenters. The van der Waals surface area contributed by atoms with Crippen molar-refractivity contribution in [2.75, 3.05) is 5.75 Å². The van der Waals surface area contributed by atoms with Gasteiger partial charge < -0.3 is 0 Å². The molecule has 3 rings (SSSR count). The van der Waals surface area contributed by atoms with Crippen LogP contribution in [0, 0.1) is 5.82 Å². The molecule has 0 spiro atoms. The highest BCUT2D eigenvalue weighted by Gasteiger charge is 2.08. The standard InChI is InChI=1S/C16H12FNOS2/c17-12-7-5-11(6-8-12)14(19)9-10-20-16-18-13-3-1-2-4-15(13)21-16/h1-8H,9-10H2. The molecule has 0 fully saturated rings. The molecular formula is C16H12FNOS2. The molecule has 0 aliphatic carbocycles. The van der Waals surface area contributed by atoms with E-state index in [2.05, 4.69) is 4.98 Å².